The molecule has 6 heteroatoms. The first-order valence-corrected chi connectivity index (χ1v) is 10.0. The molecule has 0 bridgehead atoms. The molecule has 29 heavy (non-hydrogen) atoms. The standard InChI is InChI=1S/C23H27N3O3/c1-16(2)18-9-11-19(12-10-18)23-25-21(29-26-23)13-14-22(27)28-15-5-8-20-7-4-6-17(3)24-20/h4,6-7,9-12,16H,5,8,13-15H2,1-3H3. The van der Waals surface area contributed by atoms with E-state index in [1.165, 1.54) is 5.56 Å². The van der Waals surface area contributed by atoms with Gasteiger partial charge in [0.25, 0.3) is 0 Å². The van der Waals surface area contributed by atoms with Crippen LogP contribution < -0.4 is 0 Å². The molecule has 0 saturated heterocycles. The largest absolute Gasteiger partial charge is 0.466 e. The van der Waals surface area contributed by atoms with Crippen LogP contribution >= 0.6 is 0 Å². The van der Waals surface area contributed by atoms with Crippen LogP contribution in [0.5, 0.6) is 0 Å². The van der Waals surface area contributed by atoms with Crippen LogP contribution in [0.4, 0.5) is 0 Å². The van der Waals surface area contributed by atoms with E-state index in [0.717, 1.165) is 29.8 Å². The molecule has 0 unspecified atom stereocenters. The Labute approximate surface area is 171 Å². The van der Waals surface area contributed by atoms with Crippen molar-refractivity contribution in [2.75, 3.05) is 6.61 Å². The van der Waals surface area contributed by atoms with Gasteiger partial charge in [-0.05, 0) is 43.4 Å². The zero-order valence-electron chi connectivity index (χ0n) is 17.2. The normalized spacial score (nSPS) is 11.0. The number of esters is 1. The summed E-state index contributed by atoms with van der Waals surface area (Å²) in [5, 5.41) is 4.01. The molecule has 0 amide bonds. The summed E-state index contributed by atoms with van der Waals surface area (Å²) in [4.78, 5) is 20.7. The summed E-state index contributed by atoms with van der Waals surface area (Å²) in [6.45, 7) is 6.65. The van der Waals surface area contributed by atoms with E-state index in [4.69, 9.17) is 9.26 Å². The highest BCUT2D eigenvalue weighted by molar-refractivity contribution is 5.69. The lowest BCUT2D eigenvalue weighted by Crippen LogP contribution is -2.08. The maximum absolute atomic E-state index is 11.9. The van der Waals surface area contributed by atoms with Gasteiger partial charge in [0, 0.05) is 23.4 Å². The second-order valence-electron chi connectivity index (χ2n) is 7.38. The molecule has 3 rings (SSSR count). The van der Waals surface area contributed by atoms with Crippen molar-refractivity contribution in [3.05, 3.63) is 65.3 Å². The molecule has 0 aliphatic rings. The monoisotopic (exact) mass is 393 g/mol. The van der Waals surface area contributed by atoms with E-state index in [1.54, 1.807) is 0 Å². The fourth-order valence-corrected chi connectivity index (χ4v) is 2.95. The Kier molecular flexibility index (Phi) is 7.11. The van der Waals surface area contributed by atoms with Gasteiger partial charge in [-0.15, -0.1) is 0 Å². The third kappa shape index (κ3) is 6.24. The van der Waals surface area contributed by atoms with Gasteiger partial charge in [0.05, 0.1) is 13.0 Å². The molecule has 2 heterocycles. The van der Waals surface area contributed by atoms with Crippen molar-refractivity contribution < 1.29 is 14.1 Å². The predicted molar refractivity (Wildman–Crippen MR) is 110 cm³/mol. The maximum Gasteiger partial charge on any atom is 0.306 e. The number of ether oxygens (including phenoxy) is 1. The van der Waals surface area contributed by atoms with Crippen molar-refractivity contribution in [1.82, 2.24) is 15.1 Å². The minimum absolute atomic E-state index is 0.219. The Hall–Kier alpha value is -3.02. The number of aryl methyl sites for hydroxylation is 3. The van der Waals surface area contributed by atoms with Crippen molar-refractivity contribution >= 4 is 5.97 Å². The Morgan fingerprint density at radius 2 is 1.86 bits per heavy atom. The van der Waals surface area contributed by atoms with Crippen LogP contribution in [-0.4, -0.2) is 27.7 Å². The van der Waals surface area contributed by atoms with Crippen molar-refractivity contribution in [1.29, 1.82) is 0 Å². The molecule has 0 saturated carbocycles. The lowest BCUT2D eigenvalue weighted by molar-refractivity contribution is -0.143. The molecule has 0 fully saturated rings. The zero-order valence-corrected chi connectivity index (χ0v) is 17.2. The topological polar surface area (TPSA) is 78.1 Å². The fraction of sp³-hybridized carbons (Fsp3) is 0.391. The van der Waals surface area contributed by atoms with Crippen molar-refractivity contribution in [3.8, 4) is 11.4 Å². The van der Waals surface area contributed by atoms with Gasteiger partial charge in [0.15, 0.2) is 0 Å². The number of pyridine rings is 1. The summed E-state index contributed by atoms with van der Waals surface area (Å²) in [7, 11) is 0. The smallest absolute Gasteiger partial charge is 0.306 e. The summed E-state index contributed by atoms with van der Waals surface area (Å²) in [6, 6.07) is 14.1. The average Bonchev–Trinajstić information content (AvgIpc) is 3.19. The van der Waals surface area contributed by atoms with Gasteiger partial charge < -0.3 is 9.26 Å². The summed E-state index contributed by atoms with van der Waals surface area (Å²) in [6.07, 6.45) is 2.13. The highest BCUT2D eigenvalue weighted by Crippen LogP contribution is 2.20. The first-order valence-electron chi connectivity index (χ1n) is 10.0. The first-order chi connectivity index (χ1) is 14.0. The van der Waals surface area contributed by atoms with E-state index >= 15 is 0 Å². The molecule has 3 aromatic rings. The first kappa shape index (κ1) is 20.7. The molecule has 0 aliphatic heterocycles. The van der Waals surface area contributed by atoms with Crippen LogP contribution in [-0.2, 0) is 22.4 Å². The highest BCUT2D eigenvalue weighted by atomic mass is 16.5. The van der Waals surface area contributed by atoms with Crippen molar-refractivity contribution in [2.45, 2.75) is 52.4 Å². The molecule has 1 aromatic carbocycles. The number of aromatic nitrogens is 3. The average molecular weight is 393 g/mol. The summed E-state index contributed by atoms with van der Waals surface area (Å²) >= 11 is 0. The number of hydrogen-bond donors (Lipinski definition) is 0. The van der Waals surface area contributed by atoms with Gasteiger partial charge in [-0.2, -0.15) is 4.98 Å². The van der Waals surface area contributed by atoms with Gasteiger partial charge in [0.2, 0.25) is 11.7 Å². The zero-order chi connectivity index (χ0) is 20.6. The molecule has 0 atom stereocenters. The Bertz CT molecular complexity index is 933. The van der Waals surface area contributed by atoms with E-state index in [2.05, 4.69) is 41.1 Å². The Morgan fingerprint density at radius 1 is 1.07 bits per heavy atom. The maximum atomic E-state index is 11.9. The van der Waals surface area contributed by atoms with Crippen LogP contribution in [0.25, 0.3) is 11.4 Å². The van der Waals surface area contributed by atoms with Crippen LogP contribution in [0.15, 0.2) is 47.0 Å². The predicted octanol–water partition coefficient (Wildman–Crippen LogP) is 4.67. The highest BCUT2D eigenvalue weighted by Gasteiger charge is 2.12. The van der Waals surface area contributed by atoms with Crippen molar-refractivity contribution in [2.24, 2.45) is 0 Å². The molecular weight excluding hydrogens is 366 g/mol. The number of hydrogen-bond acceptors (Lipinski definition) is 6. The fourth-order valence-electron chi connectivity index (χ4n) is 2.95. The lowest BCUT2D eigenvalue weighted by Gasteiger charge is -2.04. The second kappa shape index (κ2) is 9.96. The molecule has 0 radical (unpaired) electrons. The van der Waals surface area contributed by atoms with Crippen LogP contribution in [0.3, 0.4) is 0 Å². The number of rotatable bonds is 9. The molecular formula is C23H27N3O3. The Morgan fingerprint density at radius 3 is 2.59 bits per heavy atom. The number of benzene rings is 1. The molecule has 0 aliphatic carbocycles. The number of carbonyl (C=O) groups is 1. The van der Waals surface area contributed by atoms with Gasteiger partial charge in [0.1, 0.15) is 0 Å². The lowest BCUT2D eigenvalue weighted by atomic mass is 10.0. The minimum Gasteiger partial charge on any atom is -0.466 e. The van der Waals surface area contributed by atoms with Gasteiger partial charge >= 0.3 is 5.97 Å². The molecule has 0 spiro atoms. The SMILES string of the molecule is Cc1cccc(CCCOC(=O)CCc2nc(-c3ccc(C(C)C)cc3)no2)n1. The van der Waals surface area contributed by atoms with Gasteiger partial charge in [-0.3, -0.25) is 9.78 Å². The van der Waals surface area contributed by atoms with Gasteiger partial charge in [-0.1, -0.05) is 49.3 Å². The third-order valence-electron chi connectivity index (χ3n) is 4.63. The van der Waals surface area contributed by atoms with E-state index in [9.17, 15) is 4.79 Å². The molecule has 0 N–H and O–H groups in total. The van der Waals surface area contributed by atoms with E-state index in [0.29, 0.717) is 30.7 Å². The summed E-state index contributed by atoms with van der Waals surface area (Å²) < 4.78 is 10.6. The Balaban J connectivity index is 1.40. The number of carbonyl (C=O) groups excluding carboxylic acids is 1. The van der Waals surface area contributed by atoms with E-state index in [-0.39, 0.29) is 12.4 Å². The van der Waals surface area contributed by atoms with Crippen LogP contribution in [0.2, 0.25) is 0 Å². The van der Waals surface area contributed by atoms with Gasteiger partial charge in [-0.25, -0.2) is 0 Å². The minimum atomic E-state index is -0.261. The summed E-state index contributed by atoms with van der Waals surface area (Å²) in [5.41, 5.74) is 4.17. The molecule has 6 nitrogen and oxygen atoms in total. The number of nitrogens with zero attached hydrogens (tertiary/aromatic N) is 3. The molecule has 2 aromatic heterocycles. The second-order valence-corrected chi connectivity index (χ2v) is 7.38. The third-order valence-corrected chi connectivity index (χ3v) is 4.63. The summed E-state index contributed by atoms with van der Waals surface area (Å²) in [5.74, 6) is 1.19. The van der Waals surface area contributed by atoms with Crippen LogP contribution in [0, 0.1) is 6.92 Å². The van der Waals surface area contributed by atoms with E-state index < -0.39 is 0 Å². The van der Waals surface area contributed by atoms with E-state index in [1.807, 2.05) is 37.3 Å². The van der Waals surface area contributed by atoms with Crippen molar-refractivity contribution in [3.63, 3.8) is 0 Å². The quantitative estimate of drug-likeness (QED) is 0.388. The van der Waals surface area contributed by atoms with Crippen LogP contribution in [0.1, 0.15) is 55.4 Å². The molecule has 152 valence electrons.